The molecule has 0 spiro atoms. The Morgan fingerprint density at radius 3 is 2.72 bits per heavy atom. The molecule has 0 aromatic heterocycles. The van der Waals surface area contributed by atoms with E-state index in [4.69, 9.17) is 9.47 Å². The Kier molecular flexibility index (Phi) is 5.97. The summed E-state index contributed by atoms with van der Waals surface area (Å²) in [4.78, 5) is 11.0. The quantitative estimate of drug-likeness (QED) is 0.849. The summed E-state index contributed by atoms with van der Waals surface area (Å²) in [6, 6.07) is 4.79. The molecule has 0 aliphatic carbocycles. The monoisotopic (exact) mass is 255 g/mol. The van der Waals surface area contributed by atoms with Crippen molar-refractivity contribution in [3.8, 4) is 5.75 Å². The van der Waals surface area contributed by atoms with E-state index < -0.39 is 6.09 Å². The number of nitrogens with one attached hydrogen (secondary N) is 1. The van der Waals surface area contributed by atoms with E-state index >= 15 is 0 Å². The molecule has 1 amide bonds. The number of hydrogen-bond donors (Lipinski definition) is 1. The van der Waals surface area contributed by atoms with Gasteiger partial charge in [-0.25, -0.2) is 9.18 Å². The lowest BCUT2D eigenvalue weighted by Gasteiger charge is -2.08. The van der Waals surface area contributed by atoms with Crippen LogP contribution in [-0.2, 0) is 11.2 Å². The van der Waals surface area contributed by atoms with Crippen LogP contribution in [0.4, 0.5) is 9.18 Å². The van der Waals surface area contributed by atoms with Crippen LogP contribution in [0.15, 0.2) is 18.2 Å². The molecule has 100 valence electrons. The summed E-state index contributed by atoms with van der Waals surface area (Å²) in [5.74, 6) is -0.134. The van der Waals surface area contributed by atoms with Gasteiger partial charge in [0, 0.05) is 6.54 Å². The largest absolute Gasteiger partial charge is 0.491 e. The minimum Gasteiger partial charge on any atom is -0.491 e. The van der Waals surface area contributed by atoms with Gasteiger partial charge in [-0.3, -0.25) is 0 Å². The van der Waals surface area contributed by atoms with Crippen LogP contribution in [0.3, 0.4) is 0 Å². The van der Waals surface area contributed by atoms with Gasteiger partial charge in [-0.1, -0.05) is 6.07 Å². The van der Waals surface area contributed by atoms with Crippen LogP contribution in [0.1, 0.15) is 19.4 Å². The van der Waals surface area contributed by atoms with Gasteiger partial charge in [0.15, 0.2) is 11.6 Å². The molecule has 0 atom stereocenters. The summed E-state index contributed by atoms with van der Waals surface area (Å²) in [5.41, 5.74) is 0.799. The van der Waals surface area contributed by atoms with Gasteiger partial charge in [0.1, 0.15) is 0 Å². The van der Waals surface area contributed by atoms with E-state index in [1.165, 1.54) is 6.07 Å². The molecule has 5 heteroatoms. The molecule has 1 aromatic rings. The van der Waals surface area contributed by atoms with Crippen LogP contribution >= 0.6 is 0 Å². The molecular weight excluding hydrogens is 237 g/mol. The van der Waals surface area contributed by atoms with Gasteiger partial charge in [-0.15, -0.1) is 0 Å². The maximum absolute atomic E-state index is 13.5. The van der Waals surface area contributed by atoms with Gasteiger partial charge in [0.25, 0.3) is 0 Å². The normalized spacial score (nSPS) is 9.94. The van der Waals surface area contributed by atoms with E-state index in [2.05, 4.69) is 5.32 Å². The third-order valence-corrected chi connectivity index (χ3v) is 2.25. The van der Waals surface area contributed by atoms with Crippen molar-refractivity contribution in [3.63, 3.8) is 0 Å². The van der Waals surface area contributed by atoms with E-state index in [0.29, 0.717) is 26.2 Å². The van der Waals surface area contributed by atoms with Gasteiger partial charge in [0.05, 0.1) is 13.2 Å². The van der Waals surface area contributed by atoms with Gasteiger partial charge in [0.2, 0.25) is 0 Å². The van der Waals surface area contributed by atoms with E-state index in [1.807, 2.05) is 0 Å². The zero-order valence-corrected chi connectivity index (χ0v) is 10.7. The topological polar surface area (TPSA) is 47.6 Å². The Hall–Kier alpha value is -1.78. The van der Waals surface area contributed by atoms with Gasteiger partial charge < -0.3 is 14.8 Å². The number of ether oxygens (including phenoxy) is 2. The van der Waals surface area contributed by atoms with E-state index in [1.54, 1.807) is 26.0 Å². The second-order valence-electron chi connectivity index (χ2n) is 3.60. The highest BCUT2D eigenvalue weighted by Gasteiger charge is 2.05. The molecule has 0 unspecified atom stereocenters. The molecular formula is C13H18FNO3. The van der Waals surface area contributed by atoms with Gasteiger partial charge in [-0.05, 0) is 38.0 Å². The summed E-state index contributed by atoms with van der Waals surface area (Å²) < 4.78 is 23.3. The lowest BCUT2D eigenvalue weighted by Crippen LogP contribution is -2.26. The predicted octanol–water partition coefficient (Wildman–Crippen LogP) is 2.51. The fraction of sp³-hybridized carbons (Fsp3) is 0.462. The highest BCUT2D eigenvalue weighted by Crippen LogP contribution is 2.18. The Morgan fingerprint density at radius 1 is 1.33 bits per heavy atom. The standard InChI is InChI=1S/C13H18FNO3/c1-3-17-12-6-5-10(9-11(12)14)7-8-15-13(16)18-4-2/h5-6,9H,3-4,7-8H2,1-2H3,(H,15,16). The minimum absolute atomic E-state index is 0.250. The van der Waals surface area contributed by atoms with Crippen LogP contribution < -0.4 is 10.1 Å². The lowest BCUT2D eigenvalue weighted by molar-refractivity contribution is 0.152. The highest BCUT2D eigenvalue weighted by molar-refractivity contribution is 5.67. The number of benzene rings is 1. The third kappa shape index (κ3) is 4.61. The SMILES string of the molecule is CCOC(=O)NCCc1ccc(OCC)c(F)c1. The second kappa shape index (κ2) is 7.53. The van der Waals surface area contributed by atoms with Crippen LogP contribution in [0.5, 0.6) is 5.75 Å². The highest BCUT2D eigenvalue weighted by atomic mass is 19.1. The summed E-state index contributed by atoms with van der Waals surface area (Å²) >= 11 is 0. The molecule has 0 aliphatic rings. The fourth-order valence-corrected chi connectivity index (χ4v) is 1.46. The van der Waals surface area contributed by atoms with Crippen LogP contribution in [-0.4, -0.2) is 25.9 Å². The first-order valence-electron chi connectivity index (χ1n) is 5.99. The zero-order chi connectivity index (χ0) is 13.4. The zero-order valence-electron chi connectivity index (χ0n) is 10.7. The van der Waals surface area contributed by atoms with Crippen molar-refractivity contribution in [1.29, 1.82) is 0 Å². The molecule has 0 aliphatic heterocycles. The molecule has 0 heterocycles. The van der Waals surface area contributed by atoms with E-state index in [-0.39, 0.29) is 11.6 Å². The predicted molar refractivity (Wildman–Crippen MR) is 66.3 cm³/mol. The maximum atomic E-state index is 13.5. The molecule has 0 radical (unpaired) electrons. The fourth-order valence-electron chi connectivity index (χ4n) is 1.46. The lowest BCUT2D eigenvalue weighted by atomic mass is 10.1. The number of alkyl carbamates (subject to hydrolysis) is 1. The summed E-state index contributed by atoms with van der Waals surface area (Å²) in [6.07, 6.45) is 0.0891. The summed E-state index contributed by atoms with van der Waals surface area (Å²) in [7, 11) is 0. The summed E-state index contributed by atoms with van der Waals surface area (Å²) in [5, 5.41) is 2.58. The van der Waals surface area contributed by atoms with Crippen molar-refractivity contribution in [1.82, 2.24) is 5.32 Å². The van der Waals surface area contributed by atoms with Crippen molar-refractivity contribution in [2.24, 2.45) is 0 Å². The Morgan fingerprint density at radius 2 is 2.11 bits per heavy atom. The maximum Gasteiger partial charge on any atom is 0.407 e. The van der Waals surface area contributed by atoms with Gasteiger partial charge >= 0.3 is 6.09 Å². The van der Waals surface area contributed by atoms with Crippen molar-refractivity contribution in [2.45, 2.75) is 20.3 Å². The minimum atomic E-state index is -0.455. The first kappa shape index (κ1) is 14.3. The van der Waals surface area contributed by atoms with E-state index in [0.717, 1.165) is 5.56 Å². The van der Waals surface area contributed by atoms with Crippen molar-refractivity contribution in [2.75, 3.05) is 19.8 Å². The van der Waals surface area contributed by atoms with Crippen LogP contribution in [0.25, 0.3) is 0 Å². The van der Waals surface area contributed by atoms with Crippen molar-refractivity contribution >= 4 is 6.09 Å². The number of halogens is 1. The Bertz CT molecular complexity index is 396. The number of carbonyl (C=O) groups excluding carboxylic acids is 1. The summed E-state index contributed by atoms with van der Waals surface area (Å²) in [6.45, 7) is 4.72. The number of hydrogen-bond acceptors (Lipinski definition) is 3. The van der Waals surface area contributed by atoms with E-state index in [9.17, 15) is 9.18 Å². The van der Waals surface area contributed by atoms with Crippen molar-refractivity contribution < 1.29 is 18.7 Å². The third-order valence-electron chi connectivity index (χ3n) is 2.25. The number of rotatable bonds is 6. The van der Waals surface area contributed by atoms with Crippen LogP contribution in [0.2, 0.25) is 0 Å². The average Bonchev–Trinajstić information content (AvgIpc) is 2.33. The molecule has 0 bridgehead atoms. The molecule has 4 nitrogen and oxygen atoms in total. The number of amides is 1. The molecule has 1 rings (SSSR count). The smallest absolute Gasteiger partial charge is 0.407 e. The van der Waals surface area contributed by atoms with Crippen molar-refractivity contribution in [3.05, 3.63) is 29.6 Å². The second-order valence-corrected chi connectivity index (χ2v) is 3.60. The Labute approximate surface area is 106 Å². The molecule has 1 N–H and O–H groups in total. The first-order chi connectivity index (χ1) is 8.67. The molecule has 0 fully saturated rings. The molecule has 0 saturated carbocycles. The number of carbonyl (C=O) groups is 1. The molecule has 18 heavy (non-hydrogen) atoms. The molecule has 1 aromatic carbocycles. The Balaban J connectivity index is 2.43. The average molecular weight is 255 g/mol. The van der Waals surface area contributed by atoms with Gasteiger partial charge in [-0.2, -0.15) is 0 Å². The van der Waals surface area contributed by atoms with Crippen LogP contribution in [0, 0.1) is 5.82 Å². The molecule has 0 saturated heterocycles. The first-order valence-corrected chi connectivity index (χ1v) is 5.99.